The van der Waals surface area contributed by atoms with Gasteiger partial charge in [-0.2, -0.15) is 0 Å². The molecule has 0 saturated heterocycles. The van der Waals surface area contributed by atoms with Crippen molar-refractivity contribution in [3.63, 3.8) is 0 Å². The molecule has 29 heavy (non-hydrogen) atoms. The fraction of sp³-hybridized carbons (Fsp3) is 0.778. The number of hydrogen-bond donors (Lipinski definition) is 0. The van der Waals surface area contributed by atoms with Gasteiger partial charge in [0.05, 0.1) is 20.6 Å². The number of benzene rings is 1. The van der Waals surface area contributed by atoms with Gasteiger partial charge in [-0.15, -0.1) is 0 Å². The molecule has 0 aliphatic heterocycles. The van der Waals surface area contributed by atoms with E-state index in [-0.39, 0.29) is 18.9 Å². The summed E-state index contributed by atoms with van der Waals surface area (Å²) in [5.74, 6) is 0. The van der Waals surface area contributed by atoms with Gasteiger partial charge in [-0.25, -0.2) is 0 Å². The van der Waals surface area contributed by atoms with Crippen LogP contribution in [0.25, 0.3) is 0 Å². The van der Waals surface area contributed by atoms with Crippen molar-refractivity contribution in [2.24, 2.45) is 0 Å². The maximum absolute atomic E-state index is 2.37. The zero-order valence-electron chi connectivity index (χ0n) is 19.6. The van der Waals surface area contributed by atoms with Crippen molar-refractivity contribution in [2.45, 2.75) is 116 Å². The Bertz CT molecular complexity index is 443. The van der Waals surface area contributed by atoms with E-state index in [1.807, 2.05) is 0 Å². The van der Waals surface area contributed by atoms with Crippen molar-refractivity contribution in [1.82, 2.24) is 0 Å². The van der Waals surface area contributed by atoms with Crippen LogP contribution < -0.4 is 0 Å². The number of unbranched alkanes of at least 4 members (excludes halogenated alkanes) is 15. The quantitative estimate of drug-likeness (QED) is 0.127. The van der Waals surface area contributed by atoms with Crippen molar-refractivity contribution in [1.29, 1.82) is 0 Å². The fourth-order valence-electron chi connectivity index (χ4n) is 4.24. The Morgan fingerprint density at radius 1 is 0.552 bits per heavy atom. The molecular weight excluding hydrogens is 345 g/mol. The zero-order valence-corrected chi connectivity index (χ0v) is 19.6. The van der Waals surface area contributed by atoms with Crippen LogP contribution in [0.1, 0.15) is 115 Å². The second-order valence-electron chi connectivity index (χ2n) is 9.61. The first-order valence-corrected chi connectivity index (χ1v) is 12.5. The first-order chi connectivity index (χ1) is 13.6. The van der Waals surface area contributed by atoms with Crippen molar-refractivity contribution in [3.05, 3.63) is 35.9 Å². The Kier molecular flexibility index (Phi) is 19.6. The van der Waals surface area contributed by atoms with Gasteiger partial charge in [-0.3, -0.25) is 0 Å². The number of quaternary nitrogens is 1. The third-order valence-electron chi connectivity index (χ3n) is 6.07. The Labute approximate surface area is 195 Å². The molecule has 0 aromatic heterocycles. The van der Waals surface area contributed by atoms with E-state index >= 15 is 0 Å². The molecule has 0 bridgehead atoms. The average molecular weight is 397 g/mol. The molecule has 1 aromatic rings. The van der Waals surface area contributed by atoms with E-state index in [0.29, 0.717) is 0 Å². The van der Waals surface area contributed by atoms with Crippen molar-refractivity contribution >= 4 is 18.9 Å². The summed E-state index contributed by atoms with van der Waals surface area (Å²) in [6, 6.07) is 10.9. The standard InChI is InChI=1S/C27H50N.Li.H/c1-4-5-6-7-8-9-10-11-12-13-14-15-16-17-18-22-25-28(2,3)26-27-23-20-19-21-24-27;;/h19-21,23-24H,4-18,22,25-26H2,1-3H3;;/q+1;;. The summed E-state index contributed by atoms with van der Waals surface area (Å²) in [6.07, 6.45) is 23.2. The average Bonchev–Trinajstić information content (AvgIpc) is 2.68. The first-order valence-electron chi connectivity index (χ1n) is 12.5. The van der Waals surface area contributed by atoms with Gasteiger partial charge >= 0.3 is 18.9 Å². The second-order valence-corrected chi connectivity index (χ2v) is 9.61. The molecule has 0 spiro atoms. The number of rotatable bonds is 19. The van der Waals surface area contributed by atoms with Gasteiger partial charge in [0.1, 0.15) is 6.54 Å². The maximum atomic E-state index is 2.37. The molecule has 0 atom stereocenters. The molecule has 1 rings (SSSR count). The van der Waals surface area contributed by atoms with Crippen LogP contribution in [-0.4, -0.2) is 44.0 Å². The number of hydrogen-bond acceptors (Lipinski definition) is 0. The van der Waals surface area contributed by atoms with Gasteiger partial charge in [0, 0.05) is 5.56 Å². The summed E-state index contributed by atoms with van der Waals surface area (Å²) < 4.78 is 1.11. The topological polar surface area (TPSA) is 0 Å². The van der Waals surface area contributed by atoms with E-state index < -0.39 is 0 Å². The predicted molar refractivity (Wildman–Crippen MR) is 134 cm³/mol. The molecule has 0 heterocycles. The predicted octanol–water partition coefficient (Wildman–Crippen LogP) is 7.88. The summed E-state index contributed by atoms with van der Waals surface area (Å²) in [5, 5.41) is 0. The van der Waals surface area contributed by atoms with Gasteiger partial charge < -0.3 is 4.48 Å². The van der Waals surface area contributed by atoms with E-state index in [9.17, 15) is 0 Å². The second kappa shape index (κ2) is 19.7. The van der Waals surface area contributed by atoms with Crippen LogP contribution in [-0.2, 0) is 6.54 Å². The van der Waals surface area contributed by atoms with Crippen molar-refractivity contribution in [3.8, 4) is 0 Å². The third-order valence-corrected chi connectivity index (χ3v) is 6.07. The molecule has 0 unspecified atom stereocenters. The molecule has 0 N–H and O–H groups in total. The monoisotopic (exact) mass is 396 g/mol. The summed E-state index contributed by atoms with van der Waals surface area (Å²) in [5.41, 5.74) is 1.46. The Hall–Kier alpha value is -0.223. The van der Waals surface area contributed by atoms with Gasteiger partial charge in [-0.1, -0.05) is 127 Å². The first kappa shape index (κ1) is 28.8. The molecule has 0 aliphatic rings. The van der Waals surface area contributed by atoms with Gasteiger partial charge in [0.25, 0.3) is 0 Å². The minimum atomic E-state index is 0. The van der Waals surface area contributed by atoms with Crippen LogP contribution in [0.15, 0.2) is 30.3 Å². The third kappa shape index (κ3) is 18.3. The summed E-state index contributed by atoms with van der Waals surface area (Å²) in [6.45, 7) is 4.75. The van der Waals surface area contributed by atoms with Crippen molar-refractivity contribution < 1.29 is 4.48 Å². The fourth-order valence-corrected chi connectivity index (χ4v) is 4.24. The molecule has 0 amide bonds. The zero-order chi connectivity index (χ0) is 20.3. The van der Waals surface area contributed by atoms with Gasteiger partial charge in [-0.05, 0) is 12.8 Å². The Morgan fingerprint density at radius 2 is 0.931 bits per heavy atom. The molecular formula is C27H51LiN+. The Morgan fingerprint density at radius 3 is 1.34 bits per heavy atom. The molecule has 0 radical (unpaired) electrons. The van der Waals surface area contributed by atoms with Gasteiger partial charge in [0.15, 0.2) is 0 Å². The van der Waals surface area contributed by atoms with Crippen LogP contribution in [0.4, 0.5) is 0 Å². The molecule has 0 fully saturated rings. The van der Waals surface area contributed by atoms with Crippen molar-refractivity contribution in [2.75, 3.05) is 20.6 Å². The van der Waals surface area contributed by atoms with E-state index in [1.165, 1.54) is 115 Å². The van der Waals surface area contributed by atoms with E-state index in [1.54, 1.807) is 0 Å². The normalized spacial score (nSPS) is 11.4. The summed E-state index contributed by atoms with van der Waals surface area (Å²) in [7, 11) is 4.75. The molecule has 0 aliphatic carbocycles. The molecule has 2 heteroatoms. The van der Waals surface area contributed by atoms with Crippen LogP contribution in [0.3, 0.4) is 0 Å². The van der Waals surface area contributed by atoms with Crippen LogP contribution in [0.5, 0.6) is 0 Å². The molecule has 1 nitrogen and oxygen atoms in total. The molecule has 164 valence electrons. The van der Waals surface area contributed by atoms with Crippen LogP contribution in [0.2, 0.25) is 0 Å². The van der Waals surface area contributed by atoms with E-state index in [2.05, 4.69) is 51.4 Å². The molecule has 0 saturated carbocycles. The van der Waals surface area contributed by atoms with E-state index in [4.69, 9.17) is 0 Å². The number of nitrogens with zero attached hydrogens (tertiary/aromatic N) is 1. The SMILES string of the molecule is CCCCCCCCCCCCCCCCCC[N+](C)(C)Cc1ccccc1.[LiH]. The van der Waals surface area contributed by atoms with Crippen LogP contribution in [0, 0.1) is 0 Å². The molecule has 1 aromatic carbocycles. The minimum absolute atomic E-state index is 0. The Balaban J connectivity index is 0.00000784. The summed E-state index contributed by atoms with van der Waals surface area (Å²) >= 11 is 0. The van der Waals surface area contributed by atoms with Gasteiger partial charge in [0.2, 0.25) is 0 Å². The summed E-state index contributed by atoms with van der Waals surface area (Å²) in [4.78, 5) is 0. The van der Waals surface area contributed by atoms with Crippen LogP contribution >= 0.6 is 0 Å². The van der Waals surface area contributed by atoms with E-state index in [0.717, 1.165) is 11.0 Å².